The molecule has 0 heterocycles. The van der Waals surface area contributed by atoms with Gasteiger partial charge in [-0.15, -0.1) is 0 Å². The van der Waals surface area contributed by atoms with E-state index >= 15 is 0 Å². The molecule has 3 rings (SSSR count). The fraction of sp³-hybridized carbons (Fsp3) is 0.348. The van der Waals surface area contributed by atoms with Crippen molar-refractivity contribution >= 4 is 70.3 Å². The van der Waals surface area contributed by atoms with Crippen LogP contribution in [0.3, 0.4) is 0 Å². The summed E-state index contributed by atoms with van der Waals surface area (Å²) in [6, 6.07) is 13.7. The van der Waals surface area contributed by atoms with Gasteiger partial charge >= 0.3 is 35.5 Å². The number of anilines is 2. The third kappa shape index (κ3) is 7.32. The van der Waals surface area contributed by atoms with Crippen molar-refractivity contribution in [2.75, 3.05) is 23.4 Å². The average molecular weight is 469 g/mol. The van der Waals surface area contributed by atoms with E-state index in [9.17, 15) is 19.5 Å². The van der Waals surface area contributed by atoms with Crippen molar-refractivity contribution in [1.82, 2.24) is 0 Å². The summed E-state index contributed by atoms with van der Waals surface area (Å²) in [6.07, 6.45) is 5.22. The van der Waals surface area contributed by atoms with Crippen molar-refractivity contribution in [3.8, 4) is 0 Å². The molecule has 1 saturated carbocycles. The van der Waals surface area contributed by atoms with Crippen LogP contribution < -0.4 is 10.2 Å². The molecule has 0 aromatic heterocycles. The minimum atomic E-state index is -1.21. The standard InChI is InChI=1S/C23H25ClN2O5.Na.H/c24-16-11-12-20(19(13-16)23(29)30)25-21(27)14-31-15-22(28)26(17-7-3-1-4-8-17)18-9-5-2-6-10-18;;/h1,3-4,7-8,11-13,18H,2,5-6,9-10,14-15H2,(H,25,27)(H,29,30);;. The summed E-state index contributed by atoms with van der Waals surface area (Å²) in [5.74, 6) is -1.97. The number of nitrogens with zero attached hydrogens (tertiary/aromatic N) is 1. The number of ether oxygens (including phenoxy) is 1. The van der Waals surface area contributed by atoms with Gasteiger partial charge in [0.1, 0.15) is 13.2 Å². The Morgan fingerprint density at radius 2 is 1.72 bits per heavy atom. The molecule has 1 aliphatic carbocycles. The van der Waals surface area contributed by atoms with Crippen LogP contribution in [0.4, 0.5) is 11.4 Å². The van der Waals surface area contributed by atoms with Crippen molar-refractivity contribution in [3.05, 3.63) is 59.1 Å². The van der Waals surface area contributed by atoms with Crippen molar-refractivity contribution in [1.29, 1.82) is 0 Å². The first-order valence-corrected chi connectivity index (χ1v) is 10.6. The molecule has 0 unspecified atom stereocenters. The monoisotopic (exact) mass is 468 g/mol. The number of hydrogen-bond donors (Lipinski definition) is 2. The van der Waals surface area contributed by atoms with Crippen LogP contribution in [0, 0.1) is 0 Å². The van der Waals surface area contributed by atoms with Crippen LogP contribution in [0.1, 0.15) is 42.5 Å². The number of carbonyl (C=O) groups excluding carboxylic acids is 2. The van der Waals surface area contributed by atoms with E-state index in [1.165, 1.54) is 24.6 Å². The Bertz CT molecular complexity index is 935. The molecule has 0 aliphatic heterocycles. The molecule has 32 heavy (non-hydrogen) atoms. The van der Waals surface area contributed by atoms with Gasteiger partial charge in [-0.25, -0.2) is 4.79 Å². The van der Waals surface area contributed by atoms with Crippen LogP contribution in [0.5, 0.6) is 0 Å². The van der Waals surface area contributed by atoms with E-state index in [2.05, 4.69) is 5.32 Å². The van der Waals surface area contributed by atoms with Crippen LogP contribution >= 0.6 is 11.6 Å². The van der Waals surface area contributed by atoms with E-state index in [0.29, 0.717) is 0 Å². The number of nitrogens with one attached hydrogen (secondary N) is 1. The van der Waals surface area contributed by atoms with Crippen LogP contribution in [0.2, 0.25) is 5.02 Å². The number of halogens is 1. The van der Waals surface area contributed by atoms with Gasteiger partial charge in [0, 0.05) is 16.8 Å². The number of rotatable bonds is 8. The third-order valence-electron chi connectivity index (χ3n) is 5.19. The molecule has 0 spiro atoms. The Labute approximate surface area is 214 Å². The van der Waals surface area contributed by atoms with Gasteiger partial charge in [-0.3, -0.25) is 9.59 Å². The molecule has 2 N–H and O–H groups in total. The van der Waals surface area contributed by atoms with Crippen LogP contribution in [0.25, 0.3) is 0 Å². The molecule has 1 aliphatic rings. The predicted octanol–water partition coefficient (Wildman–Crippen LogP) is 3.71. The van der Waals surface area contributed by atoms with Crippen molar-refractivity contribution < 1.29 is 24.2 Å². The van der Waals surface area contributed by atoms with Gasteiger partial charge in [-0.2, -0.15) is 0 Å². The first-order valence-electron chi connectivity index (χ1n) is 10.2. The summed E-state index contributed by atoms with van der Waals surface area (Å²) in [5, 5.41) is 12.0. The molecule has 0 saturated heterocycles. The van der Waals surface area contributed by atoms with Gasteiger partial charge in [0.05, 0.1) is 11.3 Å². The van der Waals surface area contributed by atoms with Gasteiger partial charge in [0.2, 0.25) is 5.91 Å². The molecule has 9 heteroatoms. The molecular formula is C23H26ClN2NaO5. The van der Waals surface area contributed by atoms with Crippen molar-refractivity contribution in [2.45, 2.75) is 38.1 Å². The maximum absolute atomic E-state index is 12.9. The summed E-state index contributed by atoms with van der Waals surface area (Å²) >= 11 is 5.82. The fourth-order valence-corrected chi connectivity index (χ4v) is 3.95. The zero-order chi connectivity index (χ0) is 22.2. The Morgan fingerprint density at radius 1 is 1.03 bits per heavy atom. The second-order valence-corrected chi connectivity index (χ2v) is 7.86. The molecule has 7 nitrogen and oxygen atoms in total. The first kappa shape index (κ1) is 26.4. The van der Waals surface area contributed by atoms with E-state index < -0.39 is 11.9 Å². The normalized spacial score (nSPS) is 13.7. The Balaban J connectivity index is 0.00000363. The molecule has 1 fully saturated rings. The number of carboxylic acids is 1. The number of amides is 2. The zero-order valence-electron chi connectivity index (χ0n) is 17.1. The average Bonchev–Trinajstić information content (AvgIpc) is 2.76. The minimum absolute atomic E-state index is 0. The Kier molecular flexibility index (Phi) is 10.7. The van der Waals surface area contributed by atoms with E-state index in [1.54, 1.807) is 4.90 Å². The van der Waals surface area contributed by atoms with Gasteiger partial charge in [-0.1, -0.05) is 49.1 Å². The van der Waals surface area contributed by atoms with Gasteiger partial charge in [0.15, 0.2) is 0 Å². The van der Waals surface area contributed by atoms with Gasteiger partial charge in [-0.05, 0) is 43.2 Å². The first-order chi connectivity index (χ1) is 15.0. The van der Waals surface area contributed by atoms with E-state index in [1.807, 2.05) is 30.3 Å². The van der Waals surface area contributed by atoms with E-state index in [4.69, 9.17) is 16.3 Å². The second-order valence-electron chi connectivity index (χ2n) is 7.43. The maximum atomic E-state index is 12.9. The molecule has 2 aromatic carbocycles. The van der Waals surface area contributed by atoms with E-state index in [-0.39, 0.29) is 71.0 Å². The summed E-state index contributed by atoms with van der Waals surface area (Å²) < 4.78 is 5.37. The van der Waals surface area contributed by atoms with Crippen LogP contribution in [0.15, 0.2) is 48.5 Å². The molecule has 0 bridgehead atoms. The topological polar surface area (TPSA) is 95.9 Å². The quantitative estimate of drug-likeness (QED) is 0.576. The molecule has 0 atom stereocenters. The number of benzene rings is 2. The number of carbonyl (C=O) groups is 3. The Hall–Kier alpha value is -1.90. The predicted molar refractivity (Wildman–Crippen MR) is 126 cm³/mol. The van der Waals surface area contributed by atoms with Crippen molar-refractivity contribution in [3.63, 3.8) is 0 Å². The molecule has 2 aromatic rings. The number of aromatic carboxylic acids is 1. The fourth-order valence-electron chi connectivity index (χ4n) is 3.78. The SMILES string of the molecule is O=C(COCC(=O)N(c1ccccc1)C1CCCCC1)Nc1ccc(Cl)cc1C(=O)O.[NaH]. The molecule has 166 valence electrons. The summed E-state index contributed by atoms with van der Waals surface area (Å²) in [4.78, 5) is 38.3. The summed E-state index contributed by atoms with van der Waals surface area (Å²) in [5.41, 5.74) is 0.814. The number of carboxylic acid groups (broad SMARTS) is 1. The van der Waals surface area contributed by atoms with Crippen LogP contribution in [-0.4, -0.2) is 71.7 Å². The molecule has 2 amide bonds. The summed E-state index contributed by atoms with van der Waals surface area (Å²) in [6.45, 7) is -0.619. The molecular weight excluding hydrogens is 443 g/mol. The Morgan fingerprint density at radius 3 is 2.38 bits per heavy atom. The van der Waals surface area contributed by atoms with E-state index in [0.717, 1.165) is 31.4 Å². The van der Waals surface area contributed by atoms with Crippen LogP contribution in [-0.2, 0) is 14.3 Å². The number of hydrogen-bond acceptors (Lipinski definition) is 4. The number of para-hydroxylation sites is 1. The zero-order valence-corrected chi connectivity index (χ0v) is 17.8. The van der Waals surface area contributed by atoms with Crippen molar-refractivity contribution in [2.24, 2.45) is 0 Å². The molecule has 0 radical (unpaired) electrons. The van der Waals surface area contributed by atoms with Gasteiger partial charge < -0.3 is 20.1 Å². The summed E-state index contributed by atoms with van der Waals surface area (Å²) in [7, 11) is 0. The van der Waals surface area contributed by atoms with Gasteiger partial charge in [0.25, 0.3) is 5.91 Å². The second kappa shape index (κ2) is 13.0. The third-order valence-corrected chi connectivity index (χ3v) is 5.42.